The van der Waals surface area contributed by atoms with Crippen LogP contribution in [-0.4, -0.2) is 19.8 Å². The Kier molecular flexibility index (Phi) is 3.13. The van der Waals surface area contributed by atoms with E-state index < -0.39 is 16.1 Å². The highest BCUT2D eigenvalue weighted by molar-refractivity contribution is 7.92. The Morgan fingerprint density at radius 2 is 2.07 bits per heavy atom. The molecule has 0 spiro atoms. The predicted molar refractivity (Wildman–Crippen MR) is 55.5 cm³/mol. The van der Waals surface area contributed by atoms with Crippen molar-refractivity contribution in [2.45, 2.75) is 13.0 Å². The minimum absolute atomic E-state index is 0.464. The first-order valence-electron chi connectivity index (χ1n) is 4.14. The molecule has 1 aromatic carbocycles. The number of sulfonamides is 1. The van der Waals surface area contributed by atoms with E-state index in [-0.39, 0.29) is 0 Å². The topological polar surface area (TPSA) is 66.4 Å². The molecular formula is C9H13NO3S. The summed E-state index contributed by atoms with van der Waals surface area (Å²) in [5.74, 6) is 0. The van der Waals surface area contributed by atoms with Gasteiger partial charge in [-0.25, -0.2) is 8.42 Å². The molecule has 0 fully saturated rings. The van der Waals surface area contributed by atoms with Crippen molar-refractivity contribution in [2.75, 3.05) is 11.0 Å². The van der Waals surface area contributed by atoms with E-state index in [1.807, 2.05) is 0 Å². The van der Waals surface area contributed by atoms with E-state index in [2.05, 4.69) is 4.72 Å². The number of hydrogen-bond donors (Lipinski definition) is 2. The van der Waals surface area contributed by atoms with Crippen LogP contribution < -0.4 is 4.72 Å². The minimum atomic E-state index is -3.25. The SMILES string of the molecule is C[C@@H](O)c1cccc(NS(C)(=O)=O)c1. The molecule has 0 aliphatic heterocycles. The fourth-order valence-electron chi connectivity index (χ4n) is 1.08. The van der Waals surface area contributed by atoms with E-state index in [1.165, 1.54) is 0 Å². The van der Waals surface area contributed by atoms with Crippen LogP contribution in [0.1, 0.15) is 18.6 Å². The third-order valence-corrected chi connectivity index (χ3v) is 2.28. The average molecular weight is 215 g/mol. The van der Waals surface area contributed by atoms with Crippen LogP contribution in [0.25, 0.3) is 0 Å². The van der Waals surface area contributed by atoms with Crippen molar-refractivity contribution in [2.24, 2.45) is 0 Å². The molecule has 0 saturated heterocycles. The maximum atomic E-state index is 10.9. The molecule has 5 heteroatoms. The molecule has 4 nitrogen and oxygen atoms in total. The number of benzene rings is 1. The van der Waals surface area contributed by atoms with Crippen molar-refractivity contribution in [1.82, 2.24) is 0 Å². The van der Waals surface area contributed by atoms with E-state index in [0.29, 0.717) is 11.3 Å². The second-order valence-corrected chi connectivity index (χ2v) is 4.92. The molecule has 2 N–H and O–H groups in total. The Morgan fingerprint density at radius 1 is 1.43 bits per heavy atom. The monoisotopic (exact) mass is 215 g/mol. The first kappa shape index (κ1) is 11.0. The highest BCUT2D eigenvalue weighted by Gasteiger charge is 2.04. The van der Waals surface area contributed by atoms with Gasteiger partial charge in [0.25, 0.3) is 0 Å². The van der Waals surface area contributed by atoms with Gasteiger partial charge in [0, 0.05) is 5.69 Å². The van der Waals surface area contributed by atoms with Gasteiger partial charge < -0.3 is 5.11 Å². The van der Waals surface area contributed by atoms with Crippen LogP contribution in [0, 0.1) is 0 Å². The number of aliphatic hydroxyl groups excluding tert-OH is 1. The minimum Gasteiger partial charge on any atom is -0.389 e. The molecule has 0 unspecified atom stereocenters. The van der Waals surface area contributed by atoms with Gasteiger partial charge in [0.15, 0.2) is 0 Å². The summed E-state index contributed by atoms with van der Waals surface area (Å²) in [6.45, 7) is 1.62. The lowest BCUT2D eigenvalue weighted by molar-refractivity contribution is 0.199. The van der Waals surface area contributed by atoms with Gasteiger partial charge in [-0.15, -0.1) is 0 Å². The molecule has 0 heterocycles. The Hall–Kier alpha value is -1.07. The maximum Gasteiger partial charge on any atom is 0.229 e. The summed E-state index contributed by atoms with van der Waals surface area (Å²) in [7, 11) is -3.25. The molecule has 1 aromatic rings. The smallest absolute Gasteiger partial charge is 0.229 e. The zero-order valence-electron chi connectivity index (χ0n) is 8.06. The Morgan fingerprint density at radius 3 is 2.57 bits per heavy atom. The fourth-order valence-corrected chi connectivity index (χ4v) is 1.63. The second-order valence-electron chi connectivity index (χ2n) is 3.18. The van der Waals surface area contributed by atoms with E-state index in [0.717, 1.165) is 6.26 Å². The van der Waals surface area contributed by atoms with Crippen LogP contribution in [-0.2, 0) is 10.0 Å². The standard InChI is InChI=1S/C9H13NO3S/c1-7(11)8-4-3-5-9(6-8)10-14(2,12)13/h3-7,10-11H,1-2H3/t7-/m1/s1. The van der Waals surface area contributed by atoms with Gasteiger partial charge in [0.1, 0.15) is 0 Å². The molecule has 78 valence electrons. The quantitative estimate of drug-likeness (QED) is 0.793. The molecule has 0 saturated carbocycles. The van der Waals surface area contributed by atoms with E-state index in [1.54, 1.807) is 31.2 Å². The summed E-state index contributed by atoms with van der Waals surface area (Å²) in [6.07, 6.45) is 0.485. The summed E-state index contributed by atoms with van der Waals surface area (Å²) in [5.41, 5.74) is 1.14. The first-order valence-corrected chi connectivity index (χ1v) is 6.03. The molecular weight excluding hydrogens is 202 g/mol. The molecule has 1 atom stereocenters. The van der Waals surface area contributed by atoms with Crippen LogP contribution in [0.2, 0.25) is 0 Å². The van der Waals surface area contributed by atoms with Gasteiger partial charge in [-0.2, -0.15) is 0 Å². The first-order chi connectivity index (χ1) is 6.38. The van der Waals surface area contributed by atoms with Crippen molar-refractivity contribution in [3.63, 3.8) is 0 Å². The summed E-state index contributed by atoms with van der Waals surface area (Å²) >= 11 is 0. The second kappa shape index (κ2) is 3.98. The van der Waals surface area contributed by atoms with Gasteiger partial charge in [0.05, 0.1) is 12.4 Å². The van der Waals surface area contributed by atoms with Gasteiger partial charge in [0.2, 0.25) is 10.0 Å². The normalized spacial score (nSPS) is 13.6. The lowest BCUT2D eigenvalue weighted by atomic mass is 10.1. The van der Waals surface area contributed by atoms with Crippen LogP contribution in [0.15, 0.2) is 24.3 Å². The van der Waals surface area contributed by atoms with Gasteiger partial charge in [-0.3, -0.25) is 4.72 Å². The molecule has 1 rings (SSSR count). The largest absolute Gasteiger partial charge is 0.389 e. The van der Waals surface area contributed by atoms with Crippen molar-refractivity contribution in [3.8, 4) is 0 Å². The van der Waals surface area contributed by atoms with Crippen molar-refractivity contribution in [1.29, 1.82) is 0 Å². The third kappa shape index (κ3) is 3.35. The summed E-state index contributed by atoms with van der Waals surface area (Å²) < 4.78 is 24.2. The van der Waals surface area contributed by atoms with Crippen molar-refractivity contribution < 1.29 is 13.5 Å². The number of rotatable bonds is 3. The Balaban J connectivity index is 2.95. The van der Waals surface area contributed by atoms with Crippen molar-refractivity contribution in [3.05, 3.63) is 29.8 Å². The maximum absolute atomic E-state index is 10.9. The lowest BCUT2D eigenvalue weighted by Gasteiger charge is -2.08. The van der Waals surface area contributed by atoms with Crippen LogP contribution in [0.4, 0.5) is 5.69 Å². The lowest BCUT2D eigenvalue weighted by Crippen LogP contribution is -2.09. The molecule has 0 bridgehead atoms. The van der Waals surface area contributed by atoms with Gasteiger partial charge >= 0.3 is 0 Å². The van der Waals surface area contributed by atoms with E-state index in [4.69, 9.17) is 0 Å². The number of nitrogens with one attached hydrogen (secondary N) is 1. The predicted octanol–water partition coefficient (Wildman–Crippen LogP) is 1.11. The molecule has 0 aliphatic carbocycles. The molecule has 0 amide bonds. The van der Waals surface area contributed by atoms with Gasteiger partial charge in [-0.1, -0.05) is 12.1 Å². The summed E-state index contributed by atoms with van der Waals surface area (Å²) in [4.78, 5) is 0. The fraction of sp³-hybridized carbons (Fsp3) is 0.333. The zero-order chi connectivity index (χ0) is 10.8. The van der Waals surface area contributed by atoms with Crippen molar-refractivity contribution >= 4 is 15.7 Å². The van der Waals surface area contributed by atoms with E-state index in [9.17, 15) is 13.5 Å². The highest BCUT2D eigenvalue weighted by Crippen LogP contribution is 2.17. The molecule has 0 aliphatic rings. The van der Waals surface area contributed by atoms with Crippen LogP contribution in [0.3, 0.4) is 0 Å². The number of anilines is 1. The molecule has 14 heavy (non-hydrogen) atoms. The average Bonchev–Trinajstić information content (AvgIpc) is 2.01. The van der Waals surface area contributed by atoms with E-state index >= 15 is 0 Å². The highest BCUT2D eigenvalue weighted by atomic mass is 32.2. The van der Waals surface area contributed by atoms with Crippen LogP contribution >= 0.6 is 0 Å². The van der Waals surface area contributed by atoms with Gasteiger partial charge in [-0.05, 0) is 24.6 Å². The Labute approximate surface area is 83.6 Å². The van der Waals surface area contributed by atoms with Crippen LogP contribution in [0.5, 0.6) is 0 Å². The molecule has 0 aromatic heterocycles. The number of hydrogen-bond acceptors (Lipinski definition) is 3. The number of aliphatic hydroxyl groups is 1. The summed E-state index contributed by atoms with van der Waals surface area (Å²) in [6, 6.07) is 6.66. The summed E-state index contributed by atoms with van der Waals surface area (Å²) in [5, 5.41) is 9.27. The third-order valence-electron chi connectivity index (χ3n) is 1.67. The molecule has 0 radical (unpaired) electrons. The Bertz CT molecular complexity index is 412. The zero-order valence-corrected chi connectivity index (χ0v) is 8.88.